The SMILES string of the molecule is CN=C(NCCN(C)CCCOC)NCc1cccc(OCCOC)c1. The molecule has 0 unspecified atom stereocenters. The molecule has 0 bridgehead atoms. The highest BCUT2D eigenvalue weighted by Gasteiger charge is 2.02. The maximum absolute atomic E-state index is 5.64. The molecule has 0 aliphatic carbocycles. The van der Waals surface area contributed by atoms with Gasteiger partial charge in [0.2, 0.25) is 0 Å². The third-order valence-corrected chi connectivity index (χ3v) is 3.81. The Morgan fingerprint density at radius 1 is 1.08 bits per heavy atom. The Labute approximate surface area is 157 Å². The van der Waals surface area contributed by atoms with Crippen molar-refractivity contribution in [3.05, 3.63) is 29.8 Å². The van der Waals surface area contributed by atoms with Crippen LogP contribution in [0.3, 0.4) is 0 Å². The van der Waals surface area contributed by atoms with Crippen LogP contribution in [0.5, 0.6) is 5.75 Å². The van der Waals surface area contributed by atoms with E-state index in [1.54, 1.807) is 21.3 Å². The summed E-state index contributed by atoms with van der Waals surface area (Å²) in [5.41, 5.74) is 1.14. The minimum atomic E-state index is 0.550. The van der Waals surface area contributed by atoms with Crippen LogP contribution in [-0.2, 0) is 16.0 Å². The maximum atomic E-state index is 5.64. The molecule has 0 amide bonds. The van der Waals surface area contributed by atoms with Crippen LogP contribution in [0.25, 0.3) is 0 Å². The van der Waals surface area contributed by atoms with E-state index in [0.29, 0.717) is 19.8 Å². The number of hydrogen-bond donors (Lipinski definition) is 2. The standard InChI is InChI=1S/C19H34N4O3/c1-20-19(21-9-11-23(2)10-6-12-24-3)22-16-17-7-5-8-18(15-17)26-14-13-25-4/h5,7-8,15H,6,9-14,16H2,1-4H3,(H2,20,21,22). The second-order valence-corrected chi connectivity index (χ2v) is 5.99. The molecule has 7 heteroatoms. The number of nitrogens with zero attached hydrogens (tertiary/aromatic N) is 2. The van der Waals surface area contributed by atoms with E-state index in [4.69, 9.17) is 14.2 Å². The second-order valence-electron chi connectivity index (χ2n) is 5.99. The first-order valence-corrected chi connectivity index (χ1v) is 9.02. The van der Waals surface area contributed by atoms with Crippen molar-refractivity contribution in [2.75, 3.05) is 67.8 Å². The molecule has 0 fully saturated rings. The van der Waals surface area contributed by atoms with Gasteiger partial charge in [-0.15, -0.1) is 0 Å². The van der Waals surface area contributed by atoms with Crippen LogP contribution in [0, 0.1) is 0 Å². The van der Waals surface area contributed by atoms with Gasteiger partial charge in [-0.3, -0.25) is 4.99 Å². The van der Waals surface area contributed by atoms with Gasteiger partial charge < -0.3 is 29.7 Å². The molecule has 2 N–H and O–H groups in total. The lowest BCUT2D eigenvalue weighted by atomic mass is 10.2. The minimum Gasteiger partial charge on any atom is -0.491 e. The number of likely N-dealkylation sites (N-methyl/N-ethyl adjacent to an activating group) is 1. The highest BCUT2D eigenvalue weighted by atomic mass is 16.5. The fourth-order valence-corrected chi connectivity index (χ4v) is 2.35. The number of guanidine groups is 1. The van der Waals surface area contributed by atoms with Gasteiger partial charge in [0.1, 0.15) is 12.4 Å². The van der Waals surface area contributed by atoms with Gasteiger partial charge in [0.25, 0.3) is 0 Å². The Bertz CT molecular complexity index is 511. The zero-order chi connectivity index (χ0) is 19.0. The zero-order valence-electron chi connectivity index (χ0n) is 16.6. The number of nitrogens with one attached hydrogen (secondary N) is 2. The summed E-state index contributed by atoms with van der Waals surface area (Å²) in [7, 11) is 7.29. The smallest absolute Gasteiger partial charge is 0.191 e. The van der Waals surface area contributed by atoms with Crippen LogP contribution < -0.4 is 15.4 Å². The van der Waals surface area contributed by atoms with Crippen LogP contribution in [0.1, 0.15) is 12.0 Å². The van der Waals surface area contributed by atoms with Crippen molar-refractivity contribution in [1.82, 2.24) is 15.5 Å². The summed E-state index contributed by atoms with van der Waals surface area (Å²) in [5.74, 6) is 1.64. The molecule has 0 spiro atoms. The molecular formula is C19H34N4O3. The largest absolute Gasteiger partial charge is 0.491 e. The summed E-state index contributed by atoms with van der Waals surface area (Å²) in [4.78, 5) is 6.54. The van der Waals surface area contributed by atoms with Gasteiger partial charge in [0.05, 0.1) is 6.61 Å². The summed E-state index contributed by atoms with van der Waals surface area (Å²) in [6.07, 6.45) is 1.04. The van der Waals surface area contributed by atoms with Gasteiger partial charge in [0.15, 0.2) is 5.96 Å². The van der Waals surface area contributed by atoms with Crippen molar-refractivity contribution in [3.63, 3.8) is 0 Å². The second kappa shape index (κ2) is 14.4. The molecule has 1 rings (SSSR count). The first-order chi connectivity index (χ1) is 12.7. The zero-order valence-corrected chi connectivity index (χ0v) is 16.6. The molecule has 0 saturated heterocycles. The normalized spacial score (nSPS) is 11.7. The van der Waals surface area contributed by atoms with E-state index in [9.17, 15) is 0 Å². The lowest BCUT2D eigenvalue weighted by Crippen LogP contribution is -2.40. The van der Waals surface area contributed by atoms with Crippen LogP contribution in [0.15, 0.2) is 29.3 Å². The molecule has 0 atom stereocenters. The summed E-state index contributed by atoms with van der Waals surface area (Å²) >= 11 is 0. The summed E-state index contributed by atoms with van der Waals surface area (Å²) < 4.78 is 15.7. The number of hydrogen-bond acceptors (Lipinski definition) is 5. The van der Waals surface area contributed by atoms with Crippen LogP contribution in [0.4, 0.5) is 0 Å². The molecule has 1 aromatic rings. The average molecular weight is 367 g/mol. The van der Waals surface area contributed by atoms with Gasteiger partial charge >= 0.3 is 0 Å². The summed E-state index contributed by atoms with van der Waals surface area (Å²) in [5, 5.41) is 6.66. The first-order valence-electron chi connectivity index (χ1n) is 9.02. The minimum absolute atomic E-state index is 0.550. The molecular weight excluding hydrogens is 332 g/mol. The van der Waals surface area contributed by atoms with Crippen molar-refractivity contribution in [1.29, 1.82) is 0 Å². The number of benzene rings is 1. The van der Waals surface area contributed by atoms with E-state index >= 15 is 0 Å². The molecule has 7 nitrogen and oxygen atoms in total. The van der Waals surface area contributed by atoms with E-state index in [1.165, 1.54) is 0 Å². The molecule has 0 heterocycles. The van der Waals surface area contributed by atoms with Crippen molar-refractivity contribution >= 4 is 5.96 Å². The lowest BCUT2D eigenvalue weighted by Gasteiger charge is -2.18. The molecule has 0 aliphatic heterocycles. The molecule has 0 aromatic heterocycles. The van der Waals surface area contributed by atoms with Gasteiger partial charge in [-0.1, -0.05) is 12.1 Å². The summed E-state index contributed by atoms with van der Waals surface area (Å²) in [6, 6.07) is 8.03. The Morgan fingerprint density at radius 3 is 2.62 bits per heavy atom. The van der Waals surface area contributed by atoms with E-state index in [2.05, 4.69) is 33.6 Å². The fourth-order valence-electron chi connectivity index (χ4n) is 2.35. The molecule has 148 valence electrons. The van der Waals surface area contributed by atoms with Crippen molar-refractivity contribution in [2.24, 2.45) is 4.99 Å². The third kappa shape index (κ3) is 10.2. The first kappa shape index (κ1) is 22.2. The lowest BCUT2D eigenvalue weighted by molar-refractivity contribution is 0.146. The number of rotatable bonds is 13. The predicted molar refractivity (Wildman–Crippen MR) is 106 cm³/mol. The quantitative estimate of drug-likeness (QED) is 0.312. The van der Waals surface area contributed by atoms with E-state index in [1.807, 2.05) is 18.2 Å². The summed E-state index contributed by atoms with van der Waals surface area (Å²) in [6.45, 7) is 5.43. The average Bonchev–Trinajstić information content (AvgIpc) is 2.65. The van der Waals surface area contributed by atoms with Crippen molar-refractivity contribution in [2.45, 2.75) is 13.0 Å². The van der Waals surface area contributed by atoms with E-state index in [0.717, 1.165) is 49.9 Å². The van der Waals surface area contributed by atoms with E-state index in [-0.39, 0.29) is 0 Å². The predicted octanol–water partition coefficient (Wildman–Crippen LogP) is 1.35. The number of aliphatic imine (C=N–C) groups is 1. The van der Waals surface area contributed by atoms with E-state index < -0.39 is 0 Å². The molecule has 0 radical (unpaired) electrons. The number of ether oxygens (including phenoxy) is 3. The number of methoxy groups -OCH3 is 2. The molecule has 26 heavy (non-hydrogen) atoms. The Balaban J connectivity index is 2.30. The third-order valence-electron chi connectivity index (χ3n) is 3.81. The Kier molecular flexibility index (Phi) is 12.3. The van der Waals surface area contributed by atoms with Crippen molar-refractivity contribution in [3.8, 4) is 5.75 Å². The van der Waals surface area contributed by atoms with Gasteiger partial charge in [-0.25, -0.2) is 0 Å². The Hall–Kier alpha value is -1.83. The maximum Gasteiger partial charge on any atom is 0.191 e. The Morgan fingerprint density at radius 2 is 1.88 bits per heavy atom. The monoisotopic (exact) mass is 366 g/mol. The van der Waals surface area contributed by atoms with Crippen LogP contribution >= 0.6 is 0 Å². The van der Waals surface area contributed by atoms with Gasteiger partial charge in [0, 0.05) is 54.1 Å². The highest BCUT2D eigenvalue weighted by Crippen LogP contribution is 2.13. The van der Waals surface area contributed by atoms with Crippen LogP contribution in [-0.4, -0.2) is 78.6 Å². The van der Waals surface area contributed by atoms with Gasteiger partial charge in [-0.05, 0) is 31.2 Å². The van der Waals surface area contributed by atoms with Gasteiger partial charge in [-0.2, -0.15) is 0 Å². The molecule has 1 aromatic carbocycles. The van der Waals surface area contributed by atoms with Crippen molar-refractivity contribution < 1.29 is 14.2 Å². The molecule has 0 aliphatic rings. The highest BCUT2D eigenvalue weighted by molar-refractivity contribution is 5.79. The fraction of sp³-hybridized carbons (Fsp3) is 0.632. The van der Waals surface area contributed by atoms with Crippen LogP contribution in [0.2, 0.25) is 0 Å². The molecule has 0 saturated carbocycles. The topological polar surface area (TPSA) is 67.4 Å².